The topological polar surface area (TPSA) is 106 Å². The molecule has 1 aliphatic heterocycles. The zero-order valence-corrected chi connectivity index (χ0v) is 18.9. The molecule has 0 radical (unpaired) electrons. The molecule has 0 amide bonds. The Labute approximate surface area is 198 Å². The molecule has 3 aromatic carbocycles. The van der Waals surface area contributed by atoms with E-state index in [1.807, 2.05) is 18.2 Å². The molecule has 0 saturated carbocycles. The summed E-state index contributed by atoms with van der Waals surface area (Å²) in [5.41, 5.74) is 2.09. The summed E-state index contributed by atoms with van der Waals surface area (Å²) in [5, 5.41) is 12.4. The molecule has 10 heteroatoms. The second-order valence-corrected chi connectivity index (χ2v) is 8.42. The number of hydrogen-bond acceptors (Lipinski definition) is 8. The molecule has 1 aliphatic rings. The number of non-ortho nitro benzene ring substituents is 1. The molecule has 0 atom stereocenters. The number of fused-ring (bicyclic) bond motifs is 2. The summed E-state index contributed by atoms with van der Waals surface area (Å²) in [6.07, 6.45) is 0. The summed E-state index contributed by atoms with van der Waals surface area (Å²) in [4.78, 5) is 29.3. The van der Waals surface area contributed by atoms with Gasteiger partial charge in [0, 0.05) is 29.0 Å². The fraction of sp³-hybridized carbons (Fsp3) is 0.167. The van der Waals surface area contributed by atoms with Crippen LogP contribution in [0.15, 0.2) is 70.6 Å². The van der Waals surface area contributed by atoms with Gasteiger partial charge >= 0.3 is 0 Å². The molecule has 0 spiro atoms. The molecule has 0 bridgehead atoms. The molecule has 0 N–H and O–H groups in total. The first-order chi connectivity index (χ1) is 16.6. The lowest BCUT2D eigenvalue weighted by Crippen LogP contribution is -2.22. The summed E-state index contributed by atoms with van der Waals surface area (Å²) in [7, 11) is 1.54. The Morgan fingerprint density at radius 1 is 1.18 bits per heavy atom. The zero-order valence-electron chi connectivity index (χ0n) is 18.1. The predicted molar refractivity (Wildman–Crippen MR) is 127 cm³/mol. The summed E-state index contributed by atoms with van der Waals surface area (Å²) in [6.45, 7) is 0.303. The van der Waals surface area contributed by atoms with E-state index in [1.54, 1.807) is 37.4 Å². The normalized spacial score (nSPS) is 12.7. The van der Waals surface area contributed by atoms with Gasteiger partial charge in [-0.05, 0) is 24.3 Å². The van der Waals surface area contributed by atoms with E-state index in [-0.39, 0.29) is 24.6 Å². The van der Waals surface area contributed by atoms with E-state index in [1.165, 1.54) is 28.5 Å². The average Bonchev–Trinajstić information content (AvgIpc) is 2.87. The van der Waals surface area contributed by atoms with Crippen molar-refractivity contribution < 1.29 is 19.1 Å². The number of nitro groups is 1. The molecule has 172 valence electrons. The van der Waals surface area contributed by atoms with Crippen LogP contribution in [-0.4, -0.2) is 28.4 Å². The van der Waals surface area contributed by atoms with Crippen LogP contribution in [-0.2, 0) is 17.1 Å². The van der Waals surface area contributed by atoms with Gasteiger partial charge in [-0.1, -0.05) is 36.0 Å². The number of hydrogen-bond donors (Lipinski definition) is 0. The summed E-state index contributed by atoms with van der Waals surface area (Å²) in [6, 6.07) is 17.3. The molecule has 0 saturated heterocycles. The zero-order chi connectivity index (χ0) is 23.7. The van der Waals surface area contributed by atoms with Gasteiger partial charge in [0.25, 0.3) is 11.2 Å². The first kappa shape index (κ1) is 21.9. The second kappa shape index (κ2) is 9.16. The maximum atomic E-state index is 13.5. The maximum Gasteiger partial charge on any atom is 0.270 e. The number of thioether (sulfide) groups is 1. The fourth-order valence-electron chi connectivity index (χ4n) is 3.87. The minimum Gasteiger partial charge on any atom is -0.495 e. The van der Waals surface area contributed by atoms with Gasteiger partial charge < -0.3 is 14.2 Å². The van der Waals surface area contributed by atoms with Gasteiger partial charge in [-0.3, -0.25) is 19.5 Å². The number of ether oxygens (including phenoxy) is 3. The van der Waals surface area contributed by atoms with Crippen LogP contribution >= 0.6 is 11.8 Å². The Kier molecular flexibility index (Phi) is 5.91. The van der Waals surface area contributed by atoms with Gasteiger partial charge in [-0.15, -0.1) is 0 Å². The Balaban J connectivity index is 1.63. The molecule has 1 aromatic heterocycles. The van der Waals surface area contributed by atoms with Crippen LogP contribution in [0.4, 0.5) is 5.69 Å². The third-order valence-electron chi connectivity index (χ3n) is 5.41. The predicted octanol–water partition coefficient (Wildman–Crippen LogP) is 4.46. The number of aromatic nitrogens is 2. The van der Waals surface area contributed by atoms with Crippen molar-refractivity contribution >= 4 is 28.4 Å². The minimum absolute atomic E-state index is 0.0444. The Morgan fingerprint density at radius 3 is 2.79 bits per heavy atom. The Morgan fingerprint density at radius 2 is 1.97 bits per heavy atom. The van der Waals surface area contributed by atoms with E-state index in [0.717, 1.165) is 0 Å². The number of nitro benzene ring substituents is 1. The molecule has 0 unspecified atom stereocenters. The second-order valence-electron chi connectivity index (χ2n) is 7.47. The van der Waals surface area contributed by atoms with Gasteiger partial charge in [0.2, 0.25) is 0 Å². The van der Waals surface area contributed by atoms with Crippen molar-refractivity contribution in [3.63, 3.8) is 0 Å². The molecule has 4 aromatic rings. The molecule has 9 nitrogen and oxygen atoms in total. The summed E-state index contributed by atoms with van der Waals surface area (Å²) >= 11 is 1.29. The molecule has 2 heterocycles. The molecule has 5 rings (SSSR count). The smallest absolute Gasteiger partial charge is 0.270 e. The number of methoxy groups -OCH3 is 1. The van der Waals surface area contributed by atoms with E-state index >= 15 is 0 Å². The number of rotatable bonds is 6. The average molecular weight is 477 g/mol. The van der Waals surface area contributed by atoms with Gasteiger partial charge in [0.05, 0.1) is 35.2 Å². The molecule has 34 heavy (non-hydrogen) atoms. The highest BCUT2D eigenvalue weighted by Gasteiger charge is 2.22. The third kappa shape index (κ3) is 3.97. The van der Waals surface area contributed by atoms with E-state index in [0.29, 0.717) is 50.1 Å². The molecule has 0 aliphatic carbocycles. The lowest BCUT2D eigenvalue weighted by atomic mass is 10.1. The van der Waals surface area contributed by atoms with Crippen LogP contribution in [0.5, 0.6) is 11.5 Å². The largest absolute Gasteiger partial charge is 0.495 e. The van der Waals surface area contributed by atoms with Gasteiger partial charge in [-0.2, -0.15) is 0 Å². The van der Waals surface area contributed by atoms with Crippen LogP contribution in [0.25, 0.3) is 16.6 Å². The van der Waals surface area contributed by atoms with Crippen molar-refractivity contribution in [2.24, 2.45) is 0 Å². The highest BCUT2D eigenvalue weighted by Crippen LogP contribution is 2.37. The number of benzene rings is 3. The van der Waals surface area contributed by atoms with Gasteiger partial charge in [0.15, 0.2) is 11.9 Å². The molecular weight excluding hydrogens is 458 g/mol. The van der Waals surface area contributed by atoms with Gasteiger partial charge in [-0.25, -0.2) is 4.98 Å². The van der Waals surface area contributed by atoms with Crippen molar-refractivity contribution in [1.29, 1.82) is 0 Å². The number of nitrogens with zero attached hydrogens (tertiary/aromatic N) is 3. The highest BCUT2D eigenvalue weighted by molar-refractivity contribution is 7.98. The lowest BCUT2D eigenvalue weighted by molar-refractivity contribution is -0.385. The van der Waals surface area contributed by atoms with E-state index in [2.05, 4.69) is 0 Å². The van der Waals surface area contributed by atoms with Crippen LogP contribution in [0.1, 0.15) is 11.1 Å². The van der Waals surface area contributed by atoms with Crippen molar-refractivity contribution in [3.8, 4) is 17.2 Å². The van der Waals surface area contributed by atoms with Gasteiger partial charge in [0.1, 0.15) is 11.5 Å². The fourth-order valence-corrected chi connectivity index (χ4v) is 4.84. The lowest BCUT2D eigenvalue weighted by Gasteiger charge is -2.21. The van der Waals surface area contributed by atoms with Crippen LogP contribution in [0.2, 0.25) is 0 Å². The summed E-state index contributed by atoms with van der Waals surface area (Å²) in [5.74, 6) is 1.39. The minimum atomic E-state index is -0.442. The monoisotopic (exact) mass is 477 g/mol. The Bertz CT molecular complexity index is 1470. The van der Waals surface area contributed by atoms with Crippen molar-refractivity contribution in [3.05, 3.63) is 92.3 Å². The van der Waals surface area contributed by atoms with E-state index in [4.69, 9.17) is 19.2 Å². The van der Waals surface area contributed by atoms with Crippen molar-refractivity contribution in [2.45, 2.75) is 17.5 Å². The van der Waals surface area contributed by atoms with Crippen LogP contribution in [0, 0.1) is 10.1 Å². The maximum absolute atomic E-state index is 13.5. The standard InChI is InChI=1S/C24H19N3O6S/c1-31-21-9-5-4-8-20(21)26-23(28)18-6-2-3-7-19(18)25-24(26)34-13-16-11-17(27(29)30)10-15-12-32-14-33-22(15)16/h2-11H,12-14H2,1H3. The molecular formula is C24H19N3O6S. The van der Waals surface area contributed by atoms with Crippen LogP contribution < -0.4 is 15.0 Å². The van der Waals surface area contributed by atoms with Crippen molar-refractivity contribution in [2.75, 3.05) is 13.9 Å². The molecule has 0 fully saturated rings. The highest BCUT2D eigenvalue weighted by atomic mass is 32.2. The summed E-state index contributed by atoms with van der Waals surface area (Å²) < 4.78 is 18.0. The number of para-hydroxylation sites is 3. The first-order valence-electron chi connectivity index (χ1n) is 10.4. The quantitative estimate of drug-likeness (QED) is 0.173. The van der Waals surface area contributed by atoms with Crippen LogP contribution in [0.3, 0.4) is 0 Å². The third-order valence-corrected chi connectivity index (χ3v) is 6.40. The van der Waals surface area contributed by atoms with E-state index in [9.17, 15) is 14.9 Å². The van der Waals surface area contributed by atoms with Crippen molar-refractivity contribution in [1.82, 2.24) is 9.55 Å². The van der Waals surface area contributed by atoms with E-state index < -0.39 is 4.92 Å². The Hall–Kier alpha value is -3.89. The SMILES string of the molecule is COc1ccccc1-n1c(SCc2cc([N+](=O)[O-])cc3c2OCOC3)nc2ccccc2c1=O. The first-order valence-corrected chi connectivity index (χ1v) is 11.3.